The van der Waals surface area contributed by atoms with Crippen molar-refractivity contribution in [3.8, 4) is 0 Å². The zero-order chi connectivity index (χ0) is 12.9. The van der Waals surface area contributed by atoms with Gasteiger partial charge in [0.1, 0.15) is 0 Å². The van der Waals surface area contributed by atoms with Gasteiger partial charge in [0.25, 0.3) is 22.2 Å². The number of nitrogens with one attached hydrogen (secondary N) is 1. The predicted molar refractivity (Wildman–Crippen MR) is 42.4 cm³/mol. The SMILES string of the molecule is O=S(=O)(NC(F)C=C(F)F)C(F)C=C(F)F. The molecule has 1 N–H and O–H groups in total. The van der Waals surface area contributed by atoms with Crippen LogP contribution in [0.4, 0.5) is 26.3 Å². The van der Waals surface area contributed by atoms with Crippen LogP contribution in [-0.2, 0) is 10.0 Å². The zero-order valence-electron chi connectivity index (χ0n) is 7.30. The Morgan fingerprint density at radius 2 is 1.44 bits per heavy atom. The molecule has 0 rings (SSSR count). The third-order valence-corrected chi connectivity index (χ3v) is 2.39. The summed E-state index contributed by atoms with van der Waals surface area (Å²) in [5.41, 5.74) is -3.23. The topological polar surface area (TPSA) is 46.2 Å². The van der Waals surface area contributed by atoms with Crippen LogP contribution in [0.1, 0.15) is 0 Å². The fourth-order valence-corrected chi connectivity index (χ4v) is 1.35. The van der Waals surface area contributed by atoms with Gasteiger partial charge >= 0.3 is 0 Å². The molecule has 94 valence electrons. The van der Waals surface area contributed by atoms with E-state index in [2.05, 4.69) is 0 Å². The maximum absolute atomic E-state index is 12.5. The Kier molecular flexibility index (Phi) is 5.51. The van der Waals surface area contributed by atoms with Crippen molar-refractivity contribution in [2.75, 3.05) is 0 Å². The average Bonchev–Trinajstić information content (AvgIpc) is 1.98. The first-order chi connectivity index (χ1) is 7.15. The third kappa shape index (κ3) is 5.75. The number of alkyl halides is 2. The average molecular weight is 269 g/mol. The van der Waals surface area contributed by atoms with Gasteiger partial charge in [0, 0.05) is 12.2 Å². The molecule has 0 aromatic carbocycles. The van der Waals surface area contributed by atoms with Crippen molar-refractivity contribution in [1.82, 2.24) is 4.72 Å². The van der Waals surface area contributed by atoms with E-state index in [4.69, 9.17) is 0 Å². The highest BCUT2D eigenvalue weighted by atomic mass is 32.2. The van der Waals surface area contributed by atoms with E-state index in [1.54, 1.807) is 0 Å². The summed E-state index contributed by atoms with van der Waals surface area (Å²) in [5, 5.41) is 0. The Bertz CT molecular complexity index is 384. The smallest absolute Gasteiger partial charge is 0.224 e. The van der Waals surface area contributed by atoms with Crippen LogP contribution in [0, 0.1) is 0 Å². The molecule has 2 unspecified atom stereocenters. The molecule has 2 atom stereocenters. The van der Waals surface area contributed by atoms with Gasteiger partial charge in [-0.25, -0.2) is 17.2 Å². The normalized spacial score (nSPS) is 15.1. The number of halogens is 6. The molecule has 0 radical (unpaired) electrons. The van der Waals surface area contributed by atoms with E-state index in [1.807, 2.05) is 0 Å². The summed E-state index contributed by atoms with van der Waals surface area (Å²) < 4.78 is 92.9. The standard InChI is InChI=1S/C6H5F6NO2S/c7-3(8)1-5(11)13-16(14,15)6(12)2-4(9)10/h1-2,5-6,13H. The van der Waals surface area contributed by atoms with Gasteiger partial charge in [0.05, 0.1) is 0 Å². The fourth-order valence-electron chi connectivity index (χ4n) is 0.555. The summed E-state index contributed by atoms with van der Waals surface area (Å²) in [6.07, 6.45) is -9.15. The number of rotatable bonds is 5. The van der Waals surface area contributed by atoms with Crippen LogP contribution in [0.25, 0.3) is 0 Å². The molecule has 10 heteroatoms. The van der Waals surface area contributed by atoms with Crippen molar-refractivity contribution in [1.29, 1.82) is 0 Å². The van der Waals surface area contributed by atoms with Gasteiger partial charge in [0.15, 0.2) is 6.30 Å². The Labute approximate surface area is 86.5 Å². The van der Waals surface area contributed by atoms with E-state index in [1.165, 1.54) is 0 Å². The van der Waals surface area contributed by atoms with Crippen LogP contribution in [-0.4, -0.2) is 20.2 Å². The first-order valence-electron chi connectivity index (χ1n) is 3.50. The highest BCUT2D eigenvalue weighted by Gasteiger charge is 2.26. The van der Waals surface area contributed by atoms with Gasteiger partial charge in [-0.1, -0.05) is 0 Å². The van der Waals surface area contributed by atoms with Gasteiger partial charge in [-0.3, -0.25) is 0 Å². The minimum absolute atomic E-state index is 0.459. The van der Waals surface area contributed by atoms with Crippen LogP contribution < -0.4 is 4.72 Å². The lowest BCUT2D eigenvalue weighted by atomic mass is 10.6. The Morgan fingerprint density at radius 1 is 1.00 bits per heavy atom. The van der Waals surface area contributed by atoms with E-state index >= 15 is 0 Å². The highest BCUT2D eigenvalue weighted by molar-refractivity contribution is 7.90. The summed E-state index contributed by atoms with van der Waals surface area (Å²) in [6.45, 7) is 0. The van der Waals surface area contributed by atoms with Crippen molar-refractivity contribution < 1.29 is 34.8 Å². The van der Waals surface area contributed by atoms with Crippen molar-refractivity contribution in [3.05, 3.63) is 24.3 Å². The van der Waals surface area contributed by atoms with Crippen molar-refractivity contribution >= 4 is 10.0 Å². The molecule has 16 heavy (non-hydrogen) atoms. The Morgan fingerprint density at radius 3 is 1.81 bits per heavy atom. The molecule has 0 fully saturated rings. The van der Waals surface area contributed by atoms with Crippen LogP contribution in [0.5, 0.6) is 0 Å². The van der Waals surface area contributed by atoms with Crippen LogP contribution in [0.2, 0.25) is 0 Å². The molecule has 0 bridgehead atoms. The minimum atomic E-state index is -5.13. The second-order valence-corrected chi connectivity index (χ2v) is 4.10. The molecule has 0 heterocycles. The fraction of sp³-hybridized carbons (Fsp3) is 0.333. The van der Waals surface area contributed by atoms with E-state index in [-0.39, 0.29) is 0 Å². The predicted octanol–water partition coefficient (Wildman–Crippen LogP) is 2.06. The summed E-state index contributed by atoms with van der Waals surface area (Å²) in [4.78, 5) is 0. The van der Waals surface area contributed by atoms with Gasteiger partial charge < -0.3 is 0 Å². The second kappa shape index (κ2) is 5.89. The third-order valence-electron chi connectivity index (χ3n) is 1.10. The molecule has 0 saturated carbocycles. The lowest BCUT2D eigenvalue weighted by molar-refractivity contribution is 0.341. The molecule has 0 spiro atoms. The van der Waals surface area contributed by atoms with E-state index in [0.29, 0.717) is 0 Å². The van der Waals surface area contributed by atoms with E-state index < -0.39 is 46.1 Å². The Hall–Kier alpha value is -1.03. The maximum Gasteiger partial charge on any atom is 0.270 e. The summed E-state index contributed by atoms with van der Waals surface area (Å²) in [5.74, 6) is 0. The molecule has 0 aromatic heterocycles. The van der Waals surface area contributed by atoms with Gasteiger partial charge in [0.2, 0.25) is 5.50 Å². The molecule has 0 aliphatic carbocycles. The Balaban J connectivity index is 4.71. The maximum atomic E-state index is 12.5. The largest absolute Gasteiger partial charge is 0.270 e. The minimum Gasteiger partial charge on any atom is -0.224 e. The van der Waals surface area contributed by atoms with Crippen molar-refractivity contribution in [2.24, 2.45) is 0 Å². The monoisotopic (exact) mass is 269 g/mol. The van der Waals surface area contributed by atoms with Gasteiger partial charge in [-0.15, -0.1) is 0 Å². The second-order valence-electron chi connectivity index (χ2n) is 2.33. The van der Waals surface area contributed by atoms with Crippen LogP contribution in [0.15, 0.2) is 24.3 Å². The number of sulfonamides is 1. The molecular formula is C6H5F6NO2S. The van der Waals surface area contributed by atoms with Crippen molar-refractivity contribution in [2.45, 2.75) is 11.8 Å². The number of hydrogen-bond acceptors (Lipinski definition) is 2. The summed E-state index contributed by atoms with van der Waals surface area (Å²) >= 11 is 0. The lowest BCUT2D eigenvalue weighted by Gasteiger charge is -2.08. The quantitative estimate of drug-likeness (QED) is 0.613. The summed E-state index contributed by atoms with van der Waals surface area (Å²) in [7, 11) is -5.13. The van der Waals surface area contributed by atoms with E-state index in [0.717, 1.165) is 4.72 Å². The highest BCUT2D eigenvalue weighted by Crippen LogP contribution is 2.10. The molecule has 0 amide bonds. The lowest BCUT2D eigenvalue weighted by Crippen LogP contribution is -2.35. The molecule has 0 aliphatic heterocycles. The van der Waals surface area contributed by atoms with E-state index in [9.17, 15) is 34.8 Å². The van der Waals surface area contributed by atoms with Gasteiger partial charge in [-0.05, 0) is 0 Å². The molecular weight excluding hydrogens is 264 g/mol. The summed E-state index contributed by atoms with van der Waals surface area (Å²) in [6, 6.07) is 0. The molecule has 0 saturated heterocycles. The van der Waals surface area contributed by atoms with Crippen LogP contribution in [0.3, 0.4) is 0 Å². The molecule has 3 nitrogen and oxygen atoms in total. The van der Waals surface area contributed by atoms with Gasteiger partial charge in [-0.2, -0.15) is 22.3 Å². The first kappa shape index (κ1) is 15.0. The zero-order valence-corrected chi connectivity index (χ0v) is 8.12. The molecule has 0 aromatic rings. The number of hydrogen-bond donors (Lipinski definition) is 1. The first-order valence-corrected chi connectivity index (χ1v) is 5.04. The molecule has 0 aliphatic rings. The van der Waals surface area contributed by atoms with Crippen molar-refractivity contribution in [3.63, 3.8) is 0 Å². The van der Waals surface area contributed by atoms with Crippen LogP contribution >= 0.6 is 0 Å².